The monoisotopic (exact) mass is 410 g/mol. The minimum absolute atomic E-state index is 0.0472. The van der Waals surface area contributed by atoms with Gasteiger partial charge in [-0.25, -0.2) is 8.42 Å². The number of amides is 1. The van der Waals surface area contributed by atoms with Crippen molar-refractivity contribution < 1.29 is 17.7 Å². The quantitative estimate of drug-likeness (QED) is 0.705. The number of nitrogens with zero attached hydrogens (tertiary/aromatic N) is 2. The molecule has 9 heteroatoms. The van der Waals surface area contributed by atoms with E-state index in [1.807, 2.05) is 6.92 Å². The molecule has 4 rings (SSSR count). The van der Waals surface area contributed by atoms with Gasteiger partial charge in [-0.05, 0) is 64.5 Å². The van der Waals surface area contributed by atoms with E-state index in [1.54, 1.807) is 10.4 Å². The van der Waals surface area contributed by atoms with E-state index in [1.165, 1.54) is 0 Å². The molecule has 0 spiro atoms. The van der Waals surface area contributed by atoms with Crippen molar-refractivity contribution >= 4 is 15.9 Å². The second kappa shape index (κ2) is 8.12. The Kier molecular flexibility index (Phi) is 5.76. The third-order valence-corrected chi connectivity index (χ3v) is 8.20. The molecule has 0 aromatic carbocycles. The van der Waals surface area contributed by atoms with Gasteiger partial charge in [0, 0.05) is 30.6 Å². The summed E-state index contributed by atoms with van der Waals surface area (Å²) in [5, 5.41) is 10.2. The molecule has 3 atom stereocenters. The molecule has 3 fully saturated rings. The van der Waals surface area contributed by atoms with Gasteiger partial charge in [0.1, 0.15) is 5.76 Å². The summed E-state index contributed by atoms with van der Waals surface area (Å²) in [6.07, 6.45) is 5.20. The van der Waals surface area contributed by atoms with Gasteiger partial charge in [-0.3, -0.25) is 4.79 Å². The molecule has 1 saturated carbocycles. The second-order valence-electron chi connectivity index (χ2n) is 8.51. The number of sulfonamides is 1. The predicted molar refractivity (Wildman–Crippen MR) is 105 cm³/mol. The lowest BCUT2D eigenvalue weighted by molar-refractivity contribution is 0.0905. The molecule has 156 valence electrons. The molecule has 2 saturated heterocycles. The summed E-state index contributed by atoms with van der Waals surface area (Å²) in [7, 11) is -3.26. The molecular formula is C19H30N4O4S. The summed E-state index contributed by atoms with van der Waals surface area (Å²) < 4.78 is 32.4. The van der Waals surface area contributed by atoms with Crippen molar-refractivity contribution in [1.82, 2.24) is 20.1 Å². The van der Waals surface area contributed by atoms with Crippen molar-refractivity contribution in [3.8, 4) is 0 Å². The Labute approximate surface area is 166 Å². The van der Waals surface area contributed by atoms with Crippen LogP contribution in [0.4, 0.5) is 0 Å². The summed E-state index contributed by atoms with van der Waals surface area (Å²) in [4.78, 5) is 12.4. The minimum Gasteiger partial charge on any atom is -0.360 e. The summed E-state index contributed by atoms with van der Waals surface area (Å²) in [5.41, 5.74) is 0.315. The van der Waals surface area contributed by atoms with Gasteiger partial charge >= 0.3 is 0 Å². The Bertz CT molecular complexity index is 799. The number of aromatic nitrogens is 1. The van der Waals surface area contributed by atoms with Crippen molar-refractivity contribution in [1.29, 1.82) is 0 Å². The van der Waals surface area contributed by atoms with E-state index in [9.17, 15) is 13.2 Å². The van der Waals surface area contributed by atoms with Crippen LogP contribution in [0.3, 0.4) is 0 Å². The van der Waals surface area contributed by atoms with E-state index >= 15 is 0 Å². The molecule has 8 nitrogen and oxygen atoms in total. The SMILES string of the molecule is C[C@H]1C[C@@H](NC(=O)c2cc(C3CC3)on2)CCN1S(=O)(=O)CC[C@H]1CCNC1. The zero-order chi connectivity index (χ0) is 19.7. The topological polar surface area (TPSA) is 105 Å². The summed E-state index contributed by atoms with van der Waals surface area (Å²) in [6, 6.07) is 1.56. The van der Waals surface area contributed by atoms with Crippen LogP contribution in [0.5, 0.6) is 0 Å². The van der Waals surface area contributed by atoms with E-state index in [2.05, 4.69) is 15.8 Å². The van der Waals surface area contributed by atoms with Crippen molar-refractivity contribution in [3.05, 3.63) is 17.5 Å². The van der Waals surface area contributed by atoms with Gasteiger partial charge in [0.15, 0.2) is 5.69 Å². The summed E-state index contributed by atoms with van der Waals surface area (Å²) in [6.45, 7) is 4.28. The smallest absolute Gasteiger partial charge is 0.273 e. The predicted octanol–water partition coefficient (Wildman–Crippen LogP) is 1.46. The van der Waals surface area contributed by atoms with Crippen LogP contribution in [0.2, 0.25) is 0 Å². The molecule has 1 aromatic rings. The number of hydrogen-bond acceptors (Lipinski definition) is 6. The number of hydrogen-bond donors (Lipinski definition) is 2. The third-order valence-electron chi connectivity index (χ3n) is 6.19. The standard InChI is InChI=1S/C19H30N4O4S/c1-13-10-16(21-19(24)17-11-18(27-22-17)15-2-3-15)5-8-23(13)28(25,26)9-6-14-4-7-20-12-14/h11,13-16,20H,2-10,12H2,1H3,(H,21,24)/t13-,14+,16-/m0/s1. The van der Waals surface area contributed by atoms with Crippen molar-refractivity contribution in [2.45, 2.75) is 63.5 Å². The van der Waals surface area contributed by atoms with Gasteiger partial charge in [0.2, 0.25) is 10.0 Å². The zero-order valence-corrected chi connectivity index (χ0v) is 17.2. The maximum absolute atomic E-state index is 12.8. The fraction of sp³-hybridized carbons (Fsp3) is 0.789. The van der Waals surface area contributed by atoms with E-state index in [0.717, 1.165) is 38.1 Å². The minimum atomic E-state index is -3.26. The fourth-order valence-corrected chi connectivity index (χ4v) is 6.19. The molecule has 1 aliphatic carbocycles. The van der Waals surface area contributed by atoms with Crippen LogP contribution in [0.1, 0.15) is 67.6 Å². The average molecular weight is 411 g/mol. The zero-order valence-electron chi connectivity index (χ0n) is 16.4. The summed E-state index contributed by atoms with van der Waals surface area (Å²) in [5.74, 6) is 1.64. The fourth-order valence-electron chi connectivity index (χ4n) is 4.30. The highest BCUT2D eigenvalue weighted by molar-refractivity contribution is 7.89. The highest BCUT2D eigenvalue weighted by Gasteiger charge is 2.35. The lowest BCUT2D eigenvalue weighted by Crippen LogP contribution is -2.51. The highest BCUT2D eigenvalue weighted by atomic mass is 32.2. The van der Waals surface area contributed by atoms with E-state index < -0.39 is 10.0 Å². The Morgan fingerprint density at radius 1 is 1.36 bits per heavy atom. The van der Waals surface area contributed by atoms with Gasteiger partial charge in [0.25, 0.3) is 5.91 Å². The second-order valence-corrected chi connectivity index (χ2v) is 10.5. The highest BCUT2D eigenvalue weighted by Crippen LogP contribution is 2.40. The van der Waals surface area contributed by atoms with Crippen LogP contribution in [-0.2, 0) is 10.0 Å². The summed E-state index contributed by atoms with van der Waals surface area (Å²) >= 11 is 0. The van der Waals surface area contributed by atoms with E-state index in [0.29, 0.717) is 43.3 Å². The first-order chi connectivity index (χ1) is 13.4. The number of rotatable bonds is 7. The number of carbonyl (C=O) groups excluding carboxylic acids is 1. The molecule has 2 aliphatic heterocycles. The van der Waals surface area contributed by atoms with Gasteiger partial charge in [-0.2, -0.15) is 4.31 Å². The molecule has 0 radical (unpaired) electrons. The largest absolute Gasteiger partial charge is 0.360 e. The molecule has 3 heterocycles. The molecule has 3 aliphatic rings. The Morgan fingerprint density at radius 3 is 2.86 bits per heavy atom. The first-order valence-corrected chi connectivity index (χ1v) is 12.0. The lowest BCUT2D eigenvalue weighted by atomic mass is 10.0. The number of nitrogens with one attached hydrogen (secondary N) is 2. The van der Waals surface area contributed by atoms with E-state index in [-0.39, 0.29) is 23.7 Å². The van der Waals surface area contributed by atoms with Gasteiger partial charge in [0.05, 0.1) is 5.75 Å². The normalized spacial score (nSPS) is 29.1. The third kappa shape index (κ3) is 4.58. The van der Waals surface area contributed by atoms with Crippen LogP contribution >= 0.6 is 0 Å². The Balaban J connectivity index is 1.28. The first-order valence-electron chi connectivity index (χ1n) is 10.4. The maximum Gasteiger partial charge on any atom is 0.273 e. The van der Waals surface area contributed by atoms with Crippen LogP contribution in [0.15, 0.2) is 10.6 Å². The Morgan fingerprint density at radius 2 is 2.18 bits per heavy atom. The molecule has 28 heavy (non-hydrogen) atoms. The van der Waals surface area contributed by atoms with Crippen molar-refractivity contribution in [3.63, 3.8) is 0 Å². The molecule has 0 unspecified atom stereocenters. The Hall–Kier alpha value is -1.45. The number of carbonyl (C=O) groups is 1. The van der Waals surface area contributed by atoms with Gasteiger partial charge in [-0.15, -0.1) is 0 Å². The molecular weight excluding hydrogens is 380 g/mol. The molecule has 0 bridgehead atoms. The number of piperidine rings is 1. The van der Waals surface area contributed by atoms with Crippen LogP contribution in [-0.4, -0.2) is 61.3 Å². The van der Waals surface area contributed by atoms with Crippen LogP contribution in [0.25, 0.3) is 0 Å². The van der Waals surface area contributed by atoms with Gasteiger partial charge in [-0.1, -0.05) is 5.16 Å². The van der Waals surface area contributed by atoms with E-state index in [4.69, 9.17) is 4.52 Å². The lowest BCUT2D eigenvalue weighted by Gasteiger charge is -2.37. The van der Waals surface area contributed by atoms with Crippen LogP contribution < -0.4 is 10.6 Å². The van der Waals surface area contributed by atoms with Crippen LogP contribution in [0, 0.1) is 5.92 Å². The van der Waals surface area contributed by atoms with Crippen molar-refractivity contribution in [2.24, 2.45) is 5.92 Å². The molecule has 1 aromatic heterocycles. The van der Waals surface area contributed by atoms with Crippen molar-refractivity contribution in [2.75, 3.05) is 25.4 Å². The molecule has 1 amide bonds. The molecule has 2 N–H and O–H groups in total. The van der Waals surface area contributed by atoms with Gasteiger partial charge < -0.3 is 15.2 Å². The maximum atomic E-state index is 12.8. The first kappa shape index (κ1) is 19.8. The average Bonchev–Trinajstić information content (AvgIpc) is 3.17.